The molecular weight excluding hydrogens is 226 g/mol. The molecule has 1 aromatic carbocycles. The summed E-state index contributed by atoms with van der Waals surface area (Å²) in [5.41, 5.74) is 0.371. The van der Waals surface area contributed by atoms with E-state index in [0.29, 0.717) is 0 Å². The predicted molar refractivity (Wildman–Crippen MR) is 60.5 cm³/mol. The van der Waals surface area contributed by atoms with E-state index in [1.54, 1.807) is 24.3 Å². The van der Waals surface area contributed by atoms with Crippen LogP contribution in [0.15, 0.2) is 29.2 Å². The van der Waals surface area contributed by atoms with Gasteiger partial charge in [-0.3, -0.25) is 0 Å². The van der Waals surface area contributed by atoms with E-state index in [9.17, 15) is 8.42 Å². The van der Waals surface area contributed by atoms with Gasteiger partial charge in [-0.25, -0.2) is 8.42 Å². The summed E-state index contributed by atoms with van der Waals surface area (Å²) in [4.78, 5) is 0.279. The minimum Gasteiger partial charge on any atom is -0.363 e. The van der Waals surface area contributed by atoms with E-state index in [1.165, 1.54) is 7.11 Å². The SMILES string of the molecule is COC1(NS(=O)(=O)c2ccc(C)cc2)CC1. The first-order chi connectivity index (χ1) is 7.47. The molecule has 16 heavy (non-hydrogen) atoms. The van der Waals surface area contributed by atoms with E-state index in [0.717, 1.165) is 18.4 Å². The molecule has 0 amide bonds. The second-order valence-electron chi connectivity index (χ2n) is 4.12. The van der Waals surface area contributed by atoms with Crippen molar-refractivity contribution in [3.05, 3.63) is 29.8 Å². The van der Waals surface area contributed by atoms with Crippen LogP contribution in [-0.2, 0) is 14.8 Å². The van der Waals surface area contributed by atoms with Crippen LogP contribution in [0.2, 0.25) is 0 Å². The van der Waals surface area contributed by atoms with Crippen LogP contribution >= 0.6 is 0 Å². The minimum atomic E-state index is -3.46. The fourth-order valence-corrected chi connectivity index (χ4v) is 2.87. The molecule has 88 valence electrons. The molecule has 0 saturated heterocycles. The first-order valence-electron chi connectivity index (χ1n) is 5.13. The van der Waals surface area contributed by atoms with Crippen molar-refractivity contribution in [2.45, 2.75) is 30.4 Å². The first-order valence-corrected chi connectivity index (χ1v) is 6.62. The van der Waals surface area contributed by atoms with Crippen molar-refractivity contribution >= 4 is 10.0 Å². The molecule has 1 aliphatic carbocycles. The maximum Gasteiger partial charge on any atom is 0.242 e. The third-order valence-corrected chi connectivity index (χ3v) is 4.28. The van der Waals surface area contributed by atoms with Gasteiger partial charge in [-0.15, -0.1) is 0 Å². The molecule has 1 aliphatic rings. The van der Waals surface area contributed by atoms with Gasteiger partial charge in [0.25, 0.3) is 0 Å². The predicted octanol–water partition coefficient (Wildman–Crippen LogP) is 1.41. The molecule has 0 aromatic heterocycles. The van der Waals surface area contributed by atoms with Crippen molar-refractivity contribution < 1.29 is 13.2 Å². The van der Waals surface area contributed by atoms with E-state index in [1.807, 2.05) is 6.92 Å². The summed E-state index contributed by atoms with van der Waals surface area (Å²) in [5.74, 6) is 0. The second-order valence-corrected chi connectivity index (χ2v) is 5.80. The van der Waals surface area contributed by atoms with Crippen molar-refractivity contribution in [3.8, 4) is 0 Å². The van der Waals surface area contributed by atoms with Gasteiger partial charge < -0.3 is 4.74 Å². The van der Waals surface area contributed by atoms with Crippen LogP contribution in [0.25, 0.3) is 0 Å². The smallest absolute Gasteiger partial charge is 0.242 e. The lowest BCUT2D eigenvalue weighted by Gasteiger charge is -2.15. The monoisotopic (exact) mass is 241 g/mol. The largest absolute Gasteiger partial charge is 0.363 e. The molecule has 0 bridgehead atoms. The van der Waals surface area contributed by atoms with Crippen LogP contribution in [0.1, 0.15) is 18.4 Å². The maximum atomic E-state index is 12.0. The molecule has 1 aromatic rings. The van der Waals surface area contributed by atoms with Crippen LogP contribution in [-0.4, -0.2) is 21.3 Å². The zero-order valence-electron chi connectivity index (χ0n) is 9.36. The lowest BCUT2D eigenvalue weighted by molar-refractivity contribution is 0.0711. The highest BCUT2D eigenvalue weighted by atomic mass is 32.2. The number of aryl methyl sites for hydroxylation is 1. The Hall–Kier alpha value is -0.910. The highest BCUT2D eigenvalue weighted by molar-refractivity contribution is 7.89. The van der Waals surface area contributed by atoms with Gasteiger partial charge in [0.15, 0.2) is 0 Å². The van der Waals surface area contributed by atoms with Crippen molar-refractivity contribution in [1.82, 2.24) is 4.72 Å². The summed E-state index contributed by atoms with van der Waals surface area (Å²) < 4.78 is 31.7. The van der Waals surface area contributed by atoms with Crippen molar-refractivity contribution in [1.29, 1.82) is 0 Å². The van der Waals surface area contributed by atoms with Gasteiger partial charge in [0.1, 0.15) is 5.72 Å². The zero-order valence-corrected chi connectivity index (χ0v) is 10.2. The molecule has 1 N–H and O–H groups in total. The Labute approximate surface area is 95.7 Å². The number of hydrogen-bond donors (Lipinski definition) is 1. The molecule has 2 rings (SSSR count). The number of benzene rings is 1. The second kappa shape index (κ2) is 3.84. The molecular formula is C11H15NO3S. The van der Waals surface area contributed by atoms with E-state index >= 15 is 0 Å². The summed E-state index contributed by atoms with van der Waals surface area (Å²) in [6.45, 7) is 1.92. The van der Waals surface area contributed by atoms with Crippen LogP contribution in [0.3, 0.4) is 0 Å². The quantitative estimate of drug-likeness (QED) is 0.811. The molecule has 4 nitrogen and oxygen atoms in total. The molecule has 0 heterocycles. The summed E-state index contributed by atoms with van der Waals surface area (Å²) in [5, 5.41) is 0. The van der Waals surface area contributed by atoms with Crippen molar-refractivity contribution in [3.63, 3.8) is 0 Å². The maximum absolute atomic E-state index is 12.0. The van der Waals surface area contributed by atoms with Gasteiger partial charge in [0.05, 0.1) is 4.90 Å². The number of hydrogen-bond acceptors (Lipinski definition) is 3. The molecule has 0 spiro atoms. The van der Waals surface area contributed by atoms with E-state index in [4.69, 9.17) is 4.74 Å². The minimum absolute atomic E-state index is 0.279. The van der Waals surface area contributed by atoms with Crippen LogP contribution in [0.5, 0.6) is 0 Å². The molecule has 1 saturated carbocycles. The average Bonchev–Trinajstić information content (AvgIpc) is 2.98. The van der Waals surface area contributed by atoms with Gasteiger partial charge in [0.2, 0.25) is 10.0 Å². The van der Waals surface area contributed by atoms with Gasteiger partial charge in [0, 0.05) is 7.11 Å². The lowest BCUT2D eigenvalue weighted by Crippen LogP contribution is -2.38. The summed E-state index contributed by atoms with van der Waals surface area (Å²) in [6.07, 6.45) is 1.46. The number of rotatable bonds is 4. The van der Waals surface area contributed by atoms with Crippen LogP contribution < -0.4 is 4.72 Å². The Kier molecular flexibility index (Phi) is 2.77. The van der Waals surface area contributed by atoms with Crippen molar-refractivity contribution in [2.75, 3.05) is 7.11 Å². The Morgan fingerprint density at radius 2 is 1.81 bits per heavy atom. The number of ether oxygens (including phenoxy) is 1. The summed E-state index contributed by atoms with van der Waals surface area (Å²) in [6, 6.07) is 6.76. The van der Waals surface area contributed by atoms with Gasteiger partial charge in [-0.05, 0) is 31.9 Å². The molecule has 1 fully saturated rings. The van der Waals surface area contributed by atoms with E-state index in [2.05, 4.69) is 4.72 Å². The van der Waals surface area contributed by atoms with Gasteiger partial charge >= 0.3 is 0 Å². The Morgan fingerprint density at radius 3 is 2.25 bits per heavy atom. The molecule has 5 heteroatoms. The Bertz CT molecular complexity index is 474. The zero-order chi connectivity index (χ0) is 11.8. The van der Waals surface area contributed by atoms with E-state index in [-0.39, 0.29) is 4.90 Å². The lowest BCUT2D eigenvalue weighted by atomic mass is 10.2. The number of methoxy groups -OCH3 is 1. The van der Waals surface area contributed by atoms with Crippen molar-refractivity contribution in [2.24, 2.45) is 0 Å². The Balaban J connectivity index is 2.22. The normalized spacial score (nSPS) is 18.4. The molecule has 0 aliphatic heterocycles. The highest BCUT2D eigenvalue weighted by Gasteiger charge is 2.46. The first kappa shape index (κ1) is 11.6. The molecule has 0 unspecified atom stereocenters. The van der Waals surface area contributed by atoms with E-state index < -0.39 is 15.7 Å². The molecule has 0 radical (unpaired) electrons. The highest BCUT2D eigenvalue weighted by Crippen LogP contribution is 2.37. The Morgan fingerprint density at radius 1 is 1.25 bits per heavy atom. The fourth-order valence-electron chi connectivity index (χ4n) is 1.48. The number of nitrogens with one attached hydrogen (secondary N) is 1. The van der Waals surface area contributed by atoms with Gasteiger partial charge in [-0.1, -0.05) is 17.7 Å². The fraction of sp³-hybridized carbons (Fsp3) is 0.455. The molecule has 0 atom stereocenters. The summed E-state index contributed by atoms with van der Waals surface area (Å²) >= 11 is 0. The third kappa shape index (κ3) is 2.26. The van der Waals surface area contributed by atoms with Gasteiger partial charge in [-0.2, -0.15) is 4.72 Å². The summed E-state index contributed by atoms with van der Waals surface area (Å²) in [7, 11) is -1.94. The average molecular weight is 241 g/mol. The topological polar surface area (TPSA) is 55.4 Å². The third-order valence-electron chi connectivity index (χ3n) is 2.75. The van der Waals surface area contributed by atoms with Crippen LogP contribution in [0, 0.1) is 6.92 Å². The van der Waals surface area contributed by atoms with Crippen LogP contribution in [0.4, 0.5) is 0 Å². The number of sulfonamides is 1. The standard InChI is InChI=1S/C11H15NO3S/c1-9-3-5-10(6-4-9)16(13,14)12-11(15-2)7-8-11/h3-6,12H,7-8H2,1-2H3.